The molecule has 2 aromatic rings. The number of sulfonamides is 1. The average molecular weight is 424 g/mol. The van der Waals surface area contributed by atoms with Gasteiger partial charge in [-0.2, -0.15) is 0 Å². The Morgan fingerprint density at radius 1 is 1.14 bits per heavy atom. The van der Waals surface area contributed by atoms with Gasteiger partial charge in [0.1, 0.15) is 11.5 Å². The minimum Gasteiger partial charge on any atom is -0.349 e. The topological polar surface area (TPSA) is 58.2 Å². The fourth-order valence-corrected chi connectivity index (χ4v) is 4.97. The fourth-order valence-electron chi connectivity index (χ4n) is 3.27. The van der Waals surface area contributed by atoms with Crippen LogP contribution in [0.5, 0.6) is 0 Å². The minimum atomic E-state index is -3.90. The molecule has 29 heavy (non-hydrogen) atoms. The van der Waals surface area contributed by atoms with Crippen LogP contribution in [0.1, 0.15) is 37.3 Å². The number of halogens is 3. The van der Waals surface area contributed by atoms with E-state index in [9.17, 15) is 21.6 Å². The van der Waals surface area contributed by atoms with Gasteiger partial charge in [-0.3, -0.25) is 4.72 Å². The van der Waals surface area contributed by atoms with Gasteiger partial charge >= 0.3 is 0 Å². The van der Waals surface area contributed by atoms with E-state index in [4.69, 9.17) is 0 Å². The Balaban J connectivity index is 2.10. The van der Waals surface area contributed by atoms with E-state index < -0.39 is 37.9 Å². The monoisotopic (exact) mass is 424 g/mol. The zero-order chi connectivity index (χ0) is 21.4. The van der Waals surface area contributed by atoms with Crippen molar-refractivity contribution < 1.29 is 21.6 Å². The third-order valence-electron chi connectivity index (χ3n) is 5.20. The summed E-state index contributed by atoms with van der Waals surface area (Å²) in [5, 5.41) is 2.54. The molecule has 0 spiro atoms. The highest BCUT2D eigenvalue weighted by atomic mass is 32.2. The van der Waals surface area contributed by atoms with Crippen LogP contribution in [0.15, 0.2) is 36.9 Å². The van der Waals surface area contributed by atoms with Gasteiger partial charge in [0.15, 0.2) is 11.6 Å². The van der Waals surface area contributed by atoms with Crippen LogP contribution in [0.4, 0.5) is 30.2 Å². The molecule has 4 nitrogen and oxygen atoms in total. The highest BCUT2D eigenvalue weighted by molar-refractivity contribution is 7.94. The van der Waals surface area contributed by atoms with Gasteiger partial charge in [-0.25, -0.2) is 21.6 Å². The van der Waals surface area contributed by atoms with Crippen LogP contribution >= 0.6 is 0 Å². The van der Waals surface area contributed by atoms with E-state index >= 15 is 0 Å². The summed E-state index contributed by atoms with van der Waals surface area (Å²) in [6, 6.07) is 5.19. The summed E-state index contributed by atoms with van der Waals surface area (Å²) >= 11 is 0. The molecular formula is C21H23F3N2O2S. The van der Waals surface area contributed by atoms with Crippen molar-refractivity contribution in [3.8, 4) is 0 Å². The van der Waals surface area contributed by atoms with Crippen LogP contribution in [0.3, 0.4) is 0 Å². The van der Waals surface area contributed by atoms with E-state index in [1.165, 1.54) is 18.2 Å². The fraction of sp³-hybridized carbons (Fsp3) is 0.333. The molecule has 1 saturated carbocycles. The Hall–Kier alpha value is -2.48. The van der Waals surface area contributed by atoms with E-state index in [1.807, 2.05) is 0 Å². The van der Waals surface area contributed by atoms with Gasteiger partial charge in [-0.05, 0) is 61.9 Å². The Morgan fingerprint density at radius 3 is 2.38 bits per heavy atom. The predicted molar refractivity (Wildman–Crippen MR) is 109 cm³/mol. The quantitative estimate of drug-likeness (QED) is 0.545. The highest BCUT2D eigenvalue weighted by Crippen LogP contribution is 2.48. The van der Waals surface area contributed by atoms with Gasteiger partial charge < -0.3 is 5.32 Å². The molecule has 0 amide bonds. The number of benzene rings is 2. The first kappa shape index (κ1) is 21.2. The third-order valence-corrected chi connectivity index (χ3v) is 7.38. The summed E-state index contributed by atoms with van der Waals surface area (Å²) in [4.78, 5) is 0. The Kier molecular flexibility index (Phi) is 5.67. The number of hydrogen-bond acceptors (Lipinski definition) is 3. The number of hydrogen-bond donors (Lipinski definition) is 2. The van der Waals surface area contributed by atoms with Crippen LogP contribution in [0, 0.1) is 24.4 Å². The Labute approximate surface area is 168 Å². The summed E-state index contributed by atoms with van der Waals surface area (Å²) < 4.78 is 70.6. The Bertz CT molecular complexity index is 1060. The van der Waals surface area contributed by atoms with Crippen molar-refractivity contribution in [1.82, 2.24) is 0 Å². The molecule has 2 aromatic carbocycles. The van der Waals surface area contributed by atoms with Gasteiger partial charge in [0.05, 0.1) is 16.1 Å². The van der Waals surface area contributed by atoms with Crippen molar-refractivity contribution in [3.63, 3.8) is 0 Å². The summed E-state index contributed by atoms with van der Waals surface area (Å²) in [7, 11) is -3.90. The number of nitrogens with one attached hydrogen (secondary N) is 2. The molecule has 0 saturated heterocycles. The maximum Gasteiger partial charge on any atom is 0.238 e. The third kappa shape index (κ3) is 3.99. The van der Waals surface area contributed by atoms with E-state index in [0.717, 1.165) is 6.07 Å². The molecule has 0 bridgehead atoms. The first-order chi connectivity index (χ1) is 13.6. The van der Waals surface area contributed by atoms with Crippen molar-refractivity contribution in [2.24, 2.45) is 0 Å². The lowest BCUT2D eigenvalue weighted by Gasteiger charge is -2.22. The van der Waals surface area contributed by atoms with E-state index in [1.54, 1.807) is 19.9 Å². The molecule has 156 valence electrons. The molecule has 1 fully saturated rings. The zero-order valence-electron chi connectivity index (χ0n) is 16.3. The van der Waals surface area contributed by atoms with Gasteiger partial charge in [-0.15, -0.1) is 6.58 Å². The smallest absolute Gasteiger partial charge is 0.238 e. The van der Waals surface area contributed by atoms with Crippen molar-refractivity contribution in [2.45, 2.75) is 44.3 Å². The second-order valence-electron chi connectivity index (χ2n) is 7.32. The molecule has 0 radical (unpaired) electrons. The van der Waals surface area contributed by atoms with Crippen molar-refractivity contribution in [1.29, 1.82) is 0 Å². The maximum absolute atomic E-state index is 14.7. The first-order valence-electron chi connectivity index (χ1n) is 9.31. The summed E-state index contributed by atoms with van der Waals surface area (Å²) in [5.41, 5.74) is 0.277. The molecule has 3 rings (SSSR count). The largest absolute Gasteiger partial charge is 0.349 e. The highest BCUT2D eigenvalue weighted by Gasteiger charge is 2.53. The van der Waals surface area contributed by atoms with E-state index in [-0.39, 0.29) is 29.8 Å². The second kappa shape index (κ2) is 7.74. The van der Waals surface area contributed by atoms with Gasteiger partial charge in [0.25, 0.3) is 0 Å². The normalized spacial score (nSPS) is 15.1. The molecule has 0 unspecified atom stereocenters. The standard InChI is InChI=1S/C21H23F3N2O2S/c1-4-8-21(9-10-21)29(27,28)26-19-14(5-2)12-16(23)18(24)20(19)25-17-7-6-13(3)11-15(17)22/h4,6-7,11-12,25-26H,1,5,8-10H2,2-3H3. The van der Waals surface area contributed by atoms with Crippen LogP contribution in [0.2, 0.25) is 0 Å². The van der Waals surface area contributed by atoms with Crippen LogP contribution in [-0.4, -0.2) is 13.2 Å². The summed E-state index contributed by atoms with van der Waals surface area (Å²) in [5.74, 6) is -3.09. The summed E-state index contributed by atoms with van der Waals surface area (Å²) in [6.45, 7) is 6.99. The molecule has 0 aliphatic heterocycles. The molecule has 1 aliphatic carbocycles. The van der Waals surface area contributed by atoms with Crippen molar-refractivity contribution in [3.05, 3.63) is 65.5 Å². The number of allylic oxidation sites excluding steroid dienone is 1. The van der Waals surface area contributed by atoms with Gasteiger partial charge in [0, 0.05) is 0 Å². The van der Waals surface area contributed by atoms with Crippen LogP contribution in [0.25, 0.3) is 0 Å². The van der Waals surface area contributed by atoms with E-state index in [2.05, 4.69) is 16.6 Å². The van der Waals surface area contributed by atoms with Crippen LogP contribution in [-0.2, 0) is 16.4 Å². The first-order valence-corrected chi connectivity index (χ1v) is 10.8. The molecule has 0 heterocycles. The molecule has 1 aliphatic rings. The average Bonchev–Trinajstić information content (AvgIpc) is 3.44. The lowest BCUT2D eigenvalue weighted by molar-refractivity contribution is 0.510. The number of rotatable bonds is 8. The van der Waals surface area contributed by atoms with Gasteiger partial charge in [0.2, 0.25) is 10.0 Å². The minimum absolute atomic E-state index is 0.0881. The number of aryl methyl sites for hydroxylation is 2. The van der Waals surface area contributed by atoms with Gasteiger partial charge in [-0.1, -0.05) is 19.1 Å². The van der Waals surface area contributed by atoms with E-state index in [0.29, 0.717) is 18.4 Å². The van der Waals surface area contributed by atoms with Crippen molar-refractivity contribution in [2.75, 3.05) is 10.0 Å². The molecule has 8 heteroatoms. The zero-order valence-corrected chi connectivity index (χ0v) is 17.1. The molecule has 2 N–H and O–H groups in total. The maximum atomic E-state index is 14.7. The lowest BCUT2D eigenvalue weighted by Crippen LogP contribution is -2.30. The SMILES string of the molecule is C=CCC1(S(=O)(=O)Nc2c(CC)cc(F)c(F)c2Nc2ccc(C)cc2F)CC1. The van der Waals surface area contributed by atoms with Crippen molar-refractivity contribution >= 4 is 27.1 Å². The summed E-state index contributed by atoms with van der Waals surface area (Å²) in [6.07, 6.45) is 2.93. The van der Waals surface area contributed by atoms with Crippen LogP contribution < -0.4 is 10.0 Å². The Morgan fingerprint density at radius 2 is 1.83 bits per heavy atom. The second-order valence-corrected chi connectivity index (χ2v) is 9.40. The molecular weight excluding hydrogens is 401 g/mol. The number of anilines is 3. The predicted octanol–water partition coefficient (Wildman–Crippen LogP) is 5.57. The molecule has 0 aromatic heterocycles. The molecule has 0 atom stereocenters. The lowest BCUT2D eigenvalue weighted by atomic mass is 10.1.